The number of hydrogen-bond acceptors (Lipinski definition) is 3. The fourth-order valence-corrected chi connectivity index (χ4v) is 7.28. The Morgan fingerprint density at radius 1 is 0.661 bits per heavy atom. The van der Waals surface area contributed by atoms with E-state index in [1.54, 1.807) is 30.3 Å². The van der Waals surface area contributed by atoms with Crippen molar-refractivity contribution < 1.29 is 34.4 Å². The van der Waals surface area contributed by atoms with Gasteiger partial charge in [-0.3, -0.25) is 9.55 Å². The standard InChI is InChI=1S/C51H46N3O.Pt/c1-31-17-19-36(20-18-31)38-21-22-52-46(29-38)40-26-39(27-41(28-40)51(6,7)8)43-15-12-16-47-48(43)53-50(45-24-32(2)23-34(4)49(45)55)54(47)42-25-33(3)35(5)44(30-42)37-13-10-9-11-14-37;/h9-25,27-30,55H,1-8H3;/q-1;/i3D3,5D3;. The SMILES string of the molecule is [2H]C([2H])([2H])c1cc(-n2c(-c3cc(C)cc(C)c3O)nc3c(-c4[c-]c(-c5cc(-c6ccc(C)cc6)ccn5)cc(C(C)(C)C)c4)cccc32)cc(-c2ccccc2)c1C([2H])([2H])[2H].[Pt]. The zero-order chi connectivity index (χ0) is 43.6. The molecule has 4 nitrogen and oxygen atoms in total. The smallest absolute Gasteiger partial charge is 0.148 e. The normalized spacial score (nSPS) is 13.5. The van der Waals surface area contributed by atoms with Crippen molar-refractivity contribution in [3.63, 3.8) is 0 Å². The van der Waals surface area contributed by atoms with Crippen molar-refractivity contribution in [1.82, 2.24) is 14.5 Å². The van der Waals surface area contributed by atoms with Gasteiger partial charge in [-0.05, 0) is 115 Å². The largest absolute Gasteiger partial charge is 0.507 e. The third kappa shape index (κ3) is 7.27. The van der Waals surface area contributed by atoms with Crippen molar-refractivity contribution in [2.75, 3.05) is 0 Å². The van der Waals surface area contributed by atoms with Gasteiger partial charge in [0.2, 0.25) is 0 Å². The summed E-state index contributed by atoms with van der Waals surface area (Å²) in [6.45, 7) is 6.80. The van der Waals surface area contributed by atoms with Gasteiger partial charge in [0.1, 0.15) is 11.6 Å². The van der Waals surface area contributed by atoms with E-state index >= 15 is 0 Å². The van der Waals surface area contributed by atoms with Crippen LogP contribution in [0, 0.1) is 40.5 Å². The van der Waals surface area contributed by atoms with Crippen LogP contribution in [0.1, 0.15) is 62.4 Å². The average Bonchev–Trinajstić information content (AvgIpc) is 3.61. The van der Waals surface area contributed by atoms with Crippen LogP contribution in [-0.2, 0) is 26.5 Å². The maximum absolute atomic E-state index is 11.7. The van der Waals surface area contributed by atoms with E-state index in [2.05, 4.69) is 76.2 Å². The number of imidazole rings is 1. The van der Waals surface area contributed by atoms with Gasteiger partial charge >= 0.3 is 0 Å². The summed E-state index contributed by atoms with van der Waals surface area (Å²) in [5.41, 5.74) is 11.2. The molecule has 0 atom stereocenters. The minimum Gasteiger partial charge on any atom is -0.507 e. The predicted octanol–water partition coefficient (Wildman–Crippen LogP) is 13.1. The molecule has 0 aliphatic carbocycles. The molecule has 5 heteroatoms. The quantitative estimate of drug-likeness (QED) is 0.169. The maximum atomic E-state index is 11.7. The van der Waals surface area contributed by atoms with E-state index in [0.29, 0.717) is 39.2 Å². The number of aromatic hydroxyl groups is 1. The third-order valence-corrected chi connectivity index (χ3v) is 10.3. The fourth-order valence-electron chi connectivity index (χ4n) is 7.28. The van der Waals surface area contributed by atoms with Gasteiger partial charge in [-0.1, -0.05) is 116 Å². The number of benzene rings is 6. The Hall–Kier alpha value is -5.57. The van der Waals surface area contributed by atoms with E-state index < -0.39 is 13.7 Å². The first-order valence-corrected chi connectivity index (χ1v) is 18.5. The van der Waals surface area contributed by atoms with Crippen LogP contribution in [-0.4, -0.2) is 19.6 Å². The molecule has 0 saturated carbocycles. The first-order chi connectivity index (χ1) is 28.8. The maximum Gasteiger partial charge on any atom is 0.148 e. The minimum atomic E-state index is -2.78. The third-order valence-electron chi connectivity index (χ3n) is 10.3. The Morgan fingerprint density at radius 2 is 1.43 bits per heavy atom. The van der Waals surface area contributed by atoms with E-state index in [1.165, 1.54) is 11.6 Å². The van der Waals surface area contributed by atoms with Gasteiger partial charge in [-0.2, -0.15) is 0 Å². The van der Waals surface area contributed by atoms with Crippen molar-refractivity contribution in [1.29, 1.82) is 0 Å². The molecule has 0 radical (unpaired) electrons. The van der Waals surface area contributed by atoms with Crippen molar-refractivity contribution in [3.05, 3.63) is 167 Å². The zero-order valence-electron chi connectivity index (χ0n) is 38.2. The summed E-state index contributed by atoms with van der Waals surface area (Å²) in [7, 11) is 0. The molecular weight excluding hydrogens is 866 g/mol. The fraction of sp³-hybridized carbons (Fsp3) is 0.176. The Labute approximate surface area is 353 Å². The van der Waals surface area contributed by atoms with Crippen LogP contribution >= 0.6 is 0 Å². The number of phenols is 1. The first-order valence-electron chi connectivity index (χ1n) is 21.5. The molecule has 0 aliphatic heterocycles. The van der Waals surface area contributed by atoms with Crippen molar-refractivity contribution in [2.45, 2.75) is 60.7 Å². The second-order valence-electron chi connectivity index (χ2n) is 15.4. The number of aryl methyl sites for hydroxylation is 4. The second-order valence-corrected chi connectivity index (χ2v) is 15.4. The Kier molecular flexibility index (Phi) is 8.56. The number of nitrogens with zero attached hydrogens (tertiary/aromatic N) is 3. The van der Waals surface area contributed by atoms with E-state index in [0.717, 1.165) is 44.6 Å². The van der Waals surface area contributed by atoms with E-state index in [4.69, 9.17) is 18.2 Å². The molecule has 2 heterocycles. The van der Waals surface area contributed by atoms with Crippen molar-refractivity contribution in [2.24, 2.45) is 0 Å². The summed E-state index contributed by atoms with van der Waals surface area (Å²) in [5.74, 6) is 0.397. The molecule has 0 bridgehead atoms. The molecule has 0 aliphatic rings. The molecule has 2 aromatic heterocycles. The van der Waals surface area contributed by atoms with E-state index in [1.807, 2.05) is 67.1 Å². The first kappa shape index (κ1) is 31.6. The molecule has 8 rings (SSSR count). The molecule has 282 valence electrons. The number of pyridine rings is 1. The molecule has 0 spiro atoms. The number of aromatic nitrogens is 3. The molecule has 0 saturated heterocycles. The molecule has 0 fully saturated rings. The minimum absolute atomic E-state index is 0. The van der Waals surface area contributed by atoms with Gasteiger partial charge < -0.3 is 5.11 Å². The monoisotopic (exact) mass is 917 g/mol. The Balaban J connectivity index is 0.00000578. The van der Waals surface area contributed by atoms with Crippen LogP contribution < -0.4 is 0 Å². The Morgan fingerprint density at radius 3 is 2.16 bits per heavy atom. The number of rotatable bonds is 6. The van der Waals surface area contributed by atoms with Gasteiger partial charge in [-0.25, -0.2) is 4.98 Å². The number of phenolic OH excluding ortho intramolecular Hbond substituents is 1. The summed E-state index contributed by atoms with van der Waals surface area (Å²) in [5, 5.41) is 11.7. The van der Waals surface area contributed by atoms with Crippen LogP contribution in [0.3, 0.4) is 0 Å². The van der Waals surface area contributed by atoms with Gasteiger partial charge in [0.05, 0.1) is 16.6 Å². The van der Waals surface area contributed by atoms with Gasteiger partial charge in [-0.15, -0.1) is 29.3 Å². The van der Waals surface area contributed by atoms with Crippen LogP contribution in [0.4, 0.5) is 0 Å². The number of hydrogen-bond donors (Lipinski definition) is 1. The second kappa shape index (κ2) is 15.2. The summed E-state index contributed by atoms with van der Waals surface area (Å²) in [4.78, 5) is 10.1. The zero-order valence-corrected chi connectivity index (χ0v) is 34.5. The number of fused-ring (bicyclic) bond motifs is 1. The summed E-state index contributed by atoms with van der Waals surface area (Å²) in [6, 6.07) is 42.2. The molecule has 56 heavy (non-hydrogen) atoms. The average molecular weight is 918 g/mol. The van der Waals surface area contributed by atoms with Crippen LogP contribution in [0.5, 0.6) is 5.75 Å². The van der Waals surface area contributed by atoms with Crippen LogP contribution in [0.25, 0.3) is 72.7 Å². The van der Waals surface area contributed by atoms with Crippen molar-refractivity contribution in [3.8, 4) is 67.5 Å². The Bertz CT molecular complexity index is 2960. The summed E-state index contributed by atoms with van der Waals surface area (Å²) in [6.07, 6.45) is 1.82. The topological polar surface area (TPSA) is 50.9 Å². The molecule has 1 N–H and O–H groups in total. The van der Waals surface area contributed by atoms with Crippen LogP contribution in [0.15, 0.2) is 128 Å². The molecule has 0 unspecified atom stereocenters. The summed E-state index contributed by atoms with van der Waals surface area (Å²) >= 11 is 0. The molecule has 6 aromatic carbocycles. The van der Waals surface area contributed by atoms with Gasteiger partial charge in [0.25, 0.3) is 0 Å². The van der Waals surface area contributed by atoms with Gasteiger partial charge in [0.15, 0.2) is 0 Å². The van der Waals surface area contributed by atoms with Gasteiger partial charge in [0, 0.05) is 46.9 Å². The van der Waals surface area contributed by atoms with E-state index in [-0.39, 0.29) is 48.9 Å². The van der Waals surface area contributed by atoms with Crippen LogP contribution in [0.2, 0.25) is 0 Å². The molecule has 8 aromatic rings. The summed E-state index contributed by atoms with van der Waals surface area (Å²) < 4.78 is 53.4. The predicted molar refractivity (Wildman–Crippen MR) is 229 cm³/mol. The van der Waals surface area contributed by atoms with E-state index in [9.17, 15) is 5.11 Å². The molecule has 0 amide bonds. The molecular formula is C51H46N3OPt-. The van der Waals surface area contributed by atoms with Crippen molar-refractivity contribution >= 4 is 11.0 Å². The number of para-hydroxylation sites is 1.